The second-order valence-electron chi connectivity index (χ2n) is 4.63. The van der Waals surface area contributed by atoms with Gasteiger partial charge in [-0.25, -0.2) is 0 Å². The first kappa shape index (κ1) is 17.2. The van der Waals surface area contributed by atoms with Crippen LogP contribution in [-0.2, 0) is 4.79 Å². The number of alkyl halides is 1. The Kier molecular flexibility index (Phi) is 7.86. The molecule has 1 rings (SSSR count). The molecule has 0 aliphatic carbocycles. The SMILES string of the molecule is CCCCC(Br)CC(=O)NC(C#N)c1cccc(Br)c1. The van der Waals surface area contributed by atoms with Gasteiger partial charge in [0.15, 0.2) is 0 Å². The Bertz CT molecular complexity index is 485. The average Bonchev–Trinajstić information content (AvgIpc) is 2.42. The average molecular weight is 402 g/mol. The number of nitriles is 1. The van der Waals surface area contributed by atoms with Crippen molar-refractivity contribution in [1.29, 1.82) is 5.26 Å². The maximum atomic E-state index is 11.9. The van der Waals surface area contributed by atoms with Gasteiger partial charge in [-0.3, -0.25) is 4.79 Å². The molecule has 5 heteroatoms. The van der Waals surface area contributed by atoms with Crippen molar-refractivity contribution in [2.75, 3.05) is 0 Å². The predicted molar refractivity (Wildman–Crippen MR) is 87.5 cm³/mol. The van der Waals surface area contributed by atoms with Crippen molar-refractivity contribution in [2.45, 2.75) is 43.5 Å². The Morgan fingerprint density at radius 2 is 2.25 bits per heavy atom. The van der Waals surface area contributed by atoms with E-state index in [4.69, 9.17) is 0 Å². The van der Waals surface area contributed by atoms with Crippen LogP contribution in [0.25, 0.3) is 0 Å². The van der Waals surface area contributed by atoms with Crippen LogP contribution >= 0.6 is 31.9 Å². The summed E-state index contributed by atoms with van der Waals surface area (Å²) < 4.78 is 0.894. The smallest absolute Gasteiger partial charge is 0.222 e. The van der Waals surface area contributed by atoms with Crippen molar-refractivity contribution in [3.8, 4) is 6.07 Å². The van der Waals surface area contributed by atoms with Gasteiger partial charge in [-0.2, -0.15) is 5.26 Å². The molecule has 2 unspecified atom stereocenters. The molecule has 108 valence electrons. The maximum absolute atomic E-state index is 11.9. The lowest BCUT2D eigenvalue weighted by Crippen LogP contribution is -2.29. The highest BCUT2D eigenvalue weighted by Gasteiger charge is 2.16. The largest absolute Gasteiger partial charge is 0.337 e. The van der Waals surface area contributed by atoms with E-state index in [9.17, 15) is 10.1 Å². The van der Waals surface area contributed by atoms with E-state index in [2.05, 4.69) is 50.2 Å². The number of rotatable bonds is 7. The minimum Gasteiger partial charge on any atom is -0.337 e. The third-order valence-electron chi connectivity index (χ3n) is 2.89. The van der Waals surface area contributed by atoms with Crippen LogP contribution < -0.4 is 5.32 Å². The van der Waals surface area contributed by atoms with E-state index in [1.165, 1.54) is 0 Å². The summed E-state index contributed by atoms with van der Waals surface area (Å²) in [6, 6.07) is 8.94. The van der Waals surface area contributed by atoms with Crippen molar-refractivity contribution in [1.82, 2.24) is 5.32 Å². The summed E-state index contributed by atoms with van der Waals surface area (Å²) in [4.78, 5) is 12.1. The van der Waals surface area contributed by atoms with Gasteiger partial charge in [0.2, 0.25) is 5.91 Å². The van der Waals surface area contributed by atoms with Gasteiger partial charge in [0.25, 0.3) is 0 Å². The van der Waals surface area contributed by atoms with Gasteiger partial charge in [-0.05, 0) is 24.1 Å². The van der Waals surface area contributed by atoms with E-state index in [0.29, 0.717) is 6.42 Å². The van der Waals surface area contributed by atoms with Crippen molar-refractivity contribution >= 4 is 37.8 Å². The lowest BCUT2D eigenvalue weighted by Gasteiger charge is -2.14. The fraction of sp³-hybridized carbons (Fsp3) is 0.467. The standard InChI is InChI=1S/C15H18Br2N2O/c1-2-3-6-13(17)9-15(20)19-14(10-18)11-5-4-7-12(16)8-11/h4-5,7-8,13-14H,2-3,6,9H2,1H3,(H,19,20). The van der Waals surface area contributed by atoms with E-state index in [0.717, 1.165) is 29.3 Å². The number of carbonyl (C=O) groups is 1. The second kappa shape index (κ2) is 9.15. The first-order valence-electron chi connectivity index (χ1n) is 6.65. The highest BCUT2D eigenvalue weighted by Crippen LogP contribution is 2.19. The number of hydrogen-bond donors (Lipinski definition) is 1. The molecule has 0 radical (unpaired) electrons. The van der Waals surface area contributed by atoms with Gasteiger partial charge < -0.3 is 5.32 Å². The Balaban J connectivity index is 2.56. The highest BCUT2D eigenvalue weighted by molar-refractivity contribution is 9.10. The van der Waals surface area contributed by atoms with Crippen molar-refractivity contribution in [3.05, 3.63) is 34.3 Å². The molecule has 0 saturated heterocycles. The molecule has 0 aromatic heterocycles. The topological polar surface area (TPSA) is 52.9 Å². The molecular weight excluding hydrogens is 384 g/mol. The third-order valence-corrected chi connectivity index (χ3v) is 4.17. The van der Waals surface area contributed by atoms with E-state index in [1.54, 1.807) is 0 Å². The van der Waals surface area contributed by atoms with Crippen LogP contribution in [0.1, 0.15) is 44.2 Å². The summed E-state index contributed by atoms with van der Waals surface area (Å²) in [7, 11) is 0. The molecule has 1 N–H and O–H groups in total. The molecule has 1 aromatic carbocycles. The summed E-state index contributed by atoms with van der Waals surface area (Å²) in [5.74, 6) is -0.102. The molecule has 0 spiro atoms. The number of nitrogens with zero attached hydrogens (tertiary/aromatic N) is 1. The van der Waals surface area contributed by atoms with Gasteiger partial charge in [0, 0.05) is 15.7 Å². The zero-order chi connectivity index (χ0) is 15.0. The monoisotopic (exact) mass is 400 g/mol. The van der Waals surface area contributed by atoms with Crippen LogP contribution in [0.4, 0.5) is 0 Å². The van der Waals surface area contributed by atoms with Crippen LogP contribution in [0, 0.1) is 11.3 Å². The van der Waals surface area contributed by atoms with Gasteiger partial charge in [-0.1, -0.05) is 63.8 Å². The number of amides is 1. The minimum atomic E-state index is -0.606. The van der Waals surface area contributed by atoms with Crippen LogP contribution in [0.15, 0.2) is 28.7 Å². The molecule has 0 heterocycles. The number of unbranched alkanes of at least 4 members (excludes halogenated alkanes) is 1. The predicted octanol–water partition coefficient (Wildman–Crippen LogP) is 4.47. The molecular formula is C15H18Br2N2O. The van der Waals surface area contributed by atoms with Crippen LogP contribution in [0.2, 0.25) is 0 Å². The zero-order valence-corrected chi connectivity index (χ0v) is 14.6. The second-order valence-corrected chi connectivity index (χ2v) is 6.84. The van der Waals surface area contributed by atoms with E-state index in [1.807, 2.05) is 24.3 Å². The maximum Gasteiger partial charge on any atom is 0.222 e. The van der Waals surface area contributed by atoms with E-state index in [-0.39, 0.29) is 10.7 Å². The summed E-state index contributed by atoms with van der Waals surface area (Å²) in [5, 5.41) is 12.0. The van der Waals surface area contributed by atoms with Crippen molar-refractivity contribution < 1.29 is 4.79 Å². The number of hydrogen-bond acceptors (Lipinski definition) is 2. The van der Waals surface area contributed by atoms with Gasteiger partial charge in [0.1, 0.15) is 6.04 Å². The lowest BCUT2D eigenvalue weighted by molar-refractivity contribution is -0.121. The number of halogens is 2. The lowest BCUT2D eigenvalue weighted by atomic mass is 10.1. The molecule has 1 amide bonds. The zero-order valence-electron chi connectivity index (χ0n) is 11.4. The fourth-order valence-corrected chi connectivity index (χ4v) is 2.86. The minimum absolute atomic E-state index is 0.102. The van der Waals surface area contributed by atoms with E-state index < -0.39 is 6.04 Å². The molecule has 0 saturated carbocycles. The molecule has 0 fully saturated rings. The molecule has 2 atom stereocenters. The molecule has 0 aliphatic heterocycles. The van der Waals surface area contributed by atoms with E-state index >= 15 is 0 Å². The van der Waals surface area contributed by atoms with Crippen LogP contribution in [0.5, 0.6) is 0 Å². The van der Waals surface area contributed by atoms with Gasteiger partial charge >= 0.3 is 0 Å². The van der Waals surface area contributed by atoms with Crippen LogP contribution in [-0.4, -0.2) is 10.7 Å². The molecule has 1 aromatic rings. The van der Waals surface area contributed by atoms with Crippen LogP contribution in [0.3, 0.4) is 0 Å². The molecule has 20 heavy (non-hydrogen) atoms. The number of benzene rings is 1. The first-order chi connectivity index (χ1) is 9.56. The molecule has 3 nitrogen and oxygen atoms in total. The summed E-state index contributed by atoms with van der Waals surface area (Å²) in [6.07, 6.45) is 3.57. The Morgan fingerprint density at radius 1 is 1.50 bits per heavy atom. The number of nitrogens with one attached hydrogen (secondary N) is 1. The summed E-state index contributed by atoms with van der Waals surface area (Å²) >= 11 is 6.87. The Hall–Kier alpha value is -0.860. The number of carbonyl (C=O) groups excluding carboxylic acids is 1. The fourth-order valence-electron chi connectivity index (χ4n) is 1.83. The summed E-state index contributed by atoms with van der Waals surface area (Å²) in [5.41, 5.74) is 0.787. The van der Waals surface area contributed by atoms with Gasteiger partial charge in [0.05, 0.1) is 6.07 Å². The molecule has 0 aliphatic rings. The van der Waals surface area contributed by atoms with Gasteiger partial charge in [-0.15, -0.1) is 0 Å². The quantitative estimate of drug-likeness (QED) is 0.685. The Labute approximate surface area is 137 Å². The van der Waals surface area contributed by atoms with Crippen molar-refractivity contribution in [3.63, 3.8) is 0 Å². The Morgan fingerprint density at radius 3 is 2.85 bits per heavy atom. The molecule has 0 bridgehead atoms. The normalized spacial score (nSPS) is 13.3. The van der Waals surface area contributed by atoms with Crippen molar-refractivity contribution in [2.24, 2.45) is 0 Å². The highest BCUT2D eigenvalue weighted by atomic mass is 79.9. The third kappa shape index (κ3) is 6.06. The summed E-state index contributed by atoms with van der Waals surface area (Å²) in [6.45, 7) is 2.12. The first-order valence-corrected chi connectivity index (χ1v) is 8.36.